The molecule has 158 valence electrons. The van der Waals surface area contributed by atoms with E-state index in [2.05, 4.69) is 11.4 Å². The lowest BCUT2D eigenvalue weighted by molar-refractivity contribution is -0.127. The lowest BCUT2D eigenvalue weighted by Gasteiger charge is -2.28. The summed E-state index contributed by atoms with van der Waals surface area (Å²) in [5, 5.41) is 12.4. The van der Waals surface area contributed by atoms with Crippen molar-refractivity contribution >= 4 is 5.91 Å². The highest BCUT2D eigenvalue weighted by atomic mass is 16.2. The van der Waals surface area contributed by atoms with Crippen LogP contribution >= 0.6 is 0 Å². The van der Waals surface area contributed by atoms with E-state index in [9.17, 15) is 14.9 Å². The van der Waals surface area contributed by atoms with Gasteiger partial charge in [0.25, 0.3) is 5.56 Å². The van der Waals surface area contributed by atoms with E-state index in [0.29, 0.717) is 25.8 Å². The van der Waals surface area contributed by atoms with Crippen molar-refractivity contribution in [2.75, 3.05) is 0 Å². The van der Waals surface area contributed by atoms with Gasteiger partial charge in [0.1, 0.15) is 6.04 Å². The Balaban J connectivity index is 1.67. The largest absolute Gasteiger partial charge is 0.338 e. The van der Waals surface area contributed by atoms with Crippen LogP contribution in [0.3, 0.4) is 0 Å². The highest BCUT2D eigenvalue weighted by molar-refractivity contribution is 5.86. The Hall–Kier alpha value is -2.91. The summed E-state index contributed by atoms with van der Waals surface area (Å²) in [4.78, 5) is 24.5. The molecule has 0 bridgehead atoms. The topological polar surface area (TPSA) is 101 Å². The fraction of sp³-hybridized carbons (Fsp3) is 0.458. The van der Waals surface area contributed by atoms with Gasteiger partial charge in [0.05, 0.1) is 11.6 Å². The summed E-state index contributed by atoms with van der Waals surface area (Å²) in [5.41, 5.74) is 8.41. The SMILES string of the molecule is CCn1cc(-c2ccc(C[C@@H](C#N)NC(=O)C3(N)CCCCCC3)cc2)ccc1=O. The first kappa shape index (κ1) is 21.8. The van der Waals surface area contributed by atoms with Gasteiger partial charge in [-0.3, -0.25) is 9.59 Å². The first-order chi connectivity index (χ1) is 14.4. The van der Waals surface area contributed by atoms with Crippen molar-refractivity contribution < 1.29 is 4.79 Å². The maximum absolute atomic E-state index is 12.7. The number of nitrogens with zero attached hydrogens (tertiary/aromatic N) is 2. The van der Waals surface area contributed by atoms with Crippen LogP contribution in [0.15, 0.2) is 47.4 Å². The molecule has 1 amide bonds. The summed E-state index contributed by atoms with van der Waals surface area (Å²) in [6, 6.07) is 12.8. The number of pyridine rings is 1. The van der Waals surface area contributed by atoms with Crippen LogP contribution in [0.1, 0.15) is 51.0 Å². The number of carbonyl (C=O) groups excluding carboxylic acids is 1. The van der Waals surface area contributed by atoms with Crippen LogP contribution in [0.4, 0.5) is 0 Å². The average Bonchev–Trinajstić information content (AvgIpc) is 2.99. The van der Waals surface area contributed by atoms with E-state index in [0.717, 1.165) is 42.4 Å². The molecule has 0 spiro atoms. The molecule has 1 aromatic heterocycles. The quantitative estimate of drug-likeness (QED) is 0.720. The molecule has 1 heterocycles. The lowest BCUT2D eigenvalue weighted by Crippen LogP contribution is -2.56. The molecule has 3 N–H and O–H groups in total. The van der Waals surface area contributed by atoms with Crippen molar-refractivity contribution in [3.05, 3.63) is 58.5 Å². The second-order valence-electron chi connectivity index (χ2n) is 8.17. The Morgan fingerprint density at radius 2 is 1.77 bits per heavy atom. The number of benzene rings is 1. The van der Waals surface area contributed by atoms with E-state index >= 15 is 0 Å². The molecule has 1 aliphatic rings. The lowest BCUT2D eigenvalue weighted by atomic mass is 9.90. The number of nitrogens with one attached hydrogen (secondary N) is 1. The fourth-order valence-electron chi connectivity index (χ4n) is 4.04. The van der Waals surface area contributed by atoms with E-state index in [4.69, 9.17) is 5.73 Å². The van der Waals surface area contributed by atoms with E-state index in [-0.39, 0.29) is 11.5 Å². The predicted molar refractivity (Wildman–Crippen MR) is 118 cm³/mol. The second-order valence-corrected chi connectivity index (χ2v) is 8.17. The van der Waals surface area contributed by atoms with Crippen molar-refractivity contribution in [2.45, 2.75) is 70.0 Å². The Morgan fingerprint density at radius 3 is 2.37 bits per heavy atom. The molecule has 0 saturated heterocycles. The Morgan fingerprint density at radius 1 is 1.13 bits per heavy atom. The molecule has 1 atom stereocenters. The summed E-state index contributed by atoms with van der Waals surface area (Å²) in [6.07, 6.45) is 7.74. The van der Waals surface area contributed by atoms with Crippen LogP contribution in [0.2, 0.25) is 0 Å². The molecular formula is C24H30N4O2. The number of rotatable bonds is 6. The molecule has 2 aromatic rings. The van der Waals surface area contributed by atoms with Gasteiger partial charge in [0.2, 0.25) is 5.91 Å². The molecule has 0 unspecified atom stereocenters. The molecule has 30 heavy (non-hydrogen) atoms. The van der Waals surface area contributed by atoms with Gasteiger partial charge in [-0.1, -0.05) is 49.9 Å². The third kappa shape index (κ3) is 5.17. The van der Waals surface area contributed by atoms with E-state index in [1.807, 2.05) is 43.5 Å². The van der Waals surface area contributed by atoms with Crippen molar-refractivity contribution in [3.63, 3.8) is 0 Å². The minimum atomic E-state index is -0.863. The molecular weight excluding hydrogens is 376 g/mol. The van der Waals surface area contributed by atoms with Gasteiger partial charge in [-0.15, -0.1) is 0 Å². The minimum absolute atomic E-state index is 0.0168. The monoisotopic (exact) mass is 406 g/mol. The van der Waals surface area contributed by atoms with Crippen LogP contribution in [-0.2, 0) is 17.8 Å². The molecule has 1 aromatic carbocycles. The van der Waals surface area contributed by atoms with Gasteiger partial charge in [0.15, 0.2) is 0 Å². The fourth-order valence-corrected chi connectivity index (χ4v) is 4.04. The highest BCUT2D eigenvalue weighted by Gasteiger charge is 2.35. The summed E-state index contributed by atoms with van der Waals surface area (Å²) in [5.74, 6) is -0.214. The number of hydrogen-bond acceptors (Lipinski definition) is 4. The summed E-state index contributed by atoms with van der Waals surface area (Å²) in [7, 11) is 0. The number of amides is 1. The molecule has 6 heteroatoms. The number of carbonyl (C=O) groups is 1. The van der Waals surface area contributed by atoms with E-state index in [1.165, 1.54) is 0 Å². The normalized spacial score (nSPS) is 16.8. The Labute approximate surface area is 177 Å². The first-order valence-electron chi connectivity index (χ1n) is 10.7. The average molecular weight is 407 g/mol. The molecule has 6 nitrogen and oxygen atoms in total. The Bertz CT molecular complexity index is 964. The zero-order valence-electron chi connectivity index (χ0n) is 17.6. The van der Waals surface area contributed by atoms with Crippen molar-refractivity contribution in [2.24, 2.45) is 5.73 Å². The number of hydrogen-bond donors (Lipinski definition) is 2. The zero-order valence-corrected chi connectivity index (χ0v) is 17.6. The van der Waals surface area contributed by atoms with Crippen molar-refractivity contribution in [3.8, 4) is 17.2 Å². The molecule has 0 aliphatic heterocycles. The first-order valence-corrected chi connectivity index (χ1v) is 10.7. The standard InChI is InChI=1S/C24H30N4O2/c1-2-28-17-20(11-12-22(28)29)19-9-7-18(8-10-19)15-21(16-25)27-23(30)24(26)13-5-3-4-6-14-24/h7-12,17,21H,2-6,13-15,26H2,1H3,(H,27,30)/t21-/m0/s1. The predicted octanol–water partition coefficient (Wildman–Crippen LogP) is 3.14. The molecule has 3 rings (SSSR count). The second kappa shape index (κ2) is 9.73. The van der Waals surface area contributed by atoms with Crippen molar-refractivity contribution in [1.29, 1.82) is 5.26 Å². The summed E-state index contributed by atoms with van der Waals surface area (Å²) < 4.78 is 1.67. The van der Waals surface area contributed by atoms with Crippen molar-refractivity contribution in [1.82, 2.24) is 9.88 Å². The molecule has 1 saturated carbocycles. The maximum atomic E-state index is 12.7. The van der Waals surface area contributed by atoms with Gasteiger partial charge in [0, 0.05) is 25.2 Å². The smallest absolute Gasteiger partial charge is 0.250 e. The number of aryl methyl sites for hydroxylation is 1. The number of nitrogens with two attached hydrogens (primary N) is 1. The van der Waals surface area contributed by atoms with Gasteiger partial charge in [-0.05, 0) is 42.5 Å². The third-order valence-corrected chi connectivity index (χ3v) is 5.96. The molecule has 0 radical (unpaired) electrons. The summed E-state index contributed by atoms with van der Waals surface area (Å²) in [6.45, 7) is 2.56. The summed E-state index contributed by atoms with van der Waals surface area (Å²) >= 11 is 0. The van der Waals surface area contributed by atoms with Crippen LogP contribution in [0.25, 0.3) is 11.1 Å². The highest BCUT2D eigenvalue weighted by Crippen LogP contribution is 2.25. The molecule has 1 fully saturated rings. The van der Waals surface area contributed by atoms with Gasteiger partial charge in [-0.2, -0.15) is 5.26 Å². The van der Waals surface area contributed by atoms with E-state index in [1.54, 1.807) is 10.6 Å². The third-order valence-electron chi connectivity index (χ3n) is 5.96. The zero-order chi connectivity index (χ0) is 21.6. The van der Waals surface area contributed by atoms with Gasteiger partial charge >= 0.3 is 0 Å². The minimum Gasteiger partial charge on any atom is -0.338 e. The number of nitriles is 1. The maximum Gasteiger partial charge on any atom is 0.250 e. The van der Waals surface area contributed by atoms with Crippen LogP contribution in [-0.4, -0.2) is 22.1 Å². The Kier molecular flexibility index (Phi) is 7.07. The molecule has 1 aliphatic carbocycles. The van der Waals surface area contributed by atoms with Crippen LogP contribution in [0, 0.1) is 11.3 Å². The van der Waals surface area contributed by atoms with E-state index < -0.39 is 11.6 Å². The van der Waals surface area contributed by atoms with Crippen LogP contribution < -0.4 is 16.6 Å². The van der Waals surface area contributed by atoms with Crippen LogP contribution in [0.5, 0.6) is 0 Å². The van der Waals surface area contributed by atoms with Gasteiger partial charge in [-0.25, -0.2) is 0 Å². The number of aromatic nitrogens is 1. The van der Waals surface area contributed by atoms with Gasteiger partial charge < -0.3 is 15.6 Å².